The maximum atomic E-state index is 6.21. The van der Waals surface area contributed by atoms with E-state index in [9.17, 15) is 0 Å². The lowest BCUT2D eigenvalue weighted by Crippen LogP contribution is -2.54. The molecule has 0 saturated heterocycles. The zero-order chi connectivity index (χ0) is 17.0. The van der Waals surface area contributed by atoms with E-state index in [4.69, 9.17) is 4.74 Å². The minimum absolute atomic E-state index is 0.206. The molecule has 2 aromatic carbocycles. The van der Waals surface area contributed by atoms with Crippen molar-refractivity contribution in [2.24, 2.45) is 0 Å². The van der Waals surface area contributed by atoms with Crippen LogP contribution in [0, 0.1) is 0 Å². The van der Waals surface area contributed by atoms with Crippen LogP contribution in [-0.2, 0) is 0 Å². The second-order valence-electron chi connectivity index (χ2n) is 6.78. The zero-order valence-corrected chi connectivity index (χ0v) is 15.8. The molecule has 0 spiro atoms. The van der Waals surface area contributed by atoms with E-state index >= 15 is 0 Å². The fourth-order valence-electron chi connectivity index (χ4n) is 2.51. The average molecular weight is 325 g/mol. The maximum Gasteiger partial charge on any atom is 0.212 e. The first-order valence-electron chi connectivity index (χ1n) is 7.87. The molecular weight excluding hydrogens is 298 g/mol. The number of benzene rings is 2. The van der Waals surface area contributed by atoms with Gasteiger partial charge in [0.05, 0.1) is 0 Å². The van der Waals surface area contributed by atoms with Gasteiger partial charge in [-0.1, -0.05) is 55.1 Å². The number of ether oxygens (including phenoxy) is 1. The van der Waals surface area contributed by atoms with Gasteiger partial charge < -0.3 is 9.30 Å². The van der Waals surface area contributed by atoms with Crippen molar-refractivity contribution < 1.29 is 4.74 Å². The summed E-state index contributed by atoms with van der Waals surface area (Å²) in [5.41, 5.74) is 0.940. The summed E-state index contributed by atoms with van der Waals surface area (Å²) in [6.07, 6.45) is 1.88. The Balaban J connectivity index is 2.47. The third-order valence-electron chi connectivity index (χ3n) is 3.43. The van der Waals surface area contributed by atoms with E-state index in [1.165, 1.54) is 10.4 Å². The standard InChI is InChI=1S/C20H26NOSi/c1-7-16-12-14-17(15-13-16)23(21(5)6)19-11-9-8-10-18(19)22-20(2,3)4/h7-15H,1H2,2-6H3. The van der Waals surface area contributed by atoms with Crippen molar-refractivity contribution in [3.8, 4) is 5.75 Å². The van der Waals surface area contributed by atoms with Crippen molar-refractivity contribution in [2.75, 3.05) is 14.1 Å². The monoisotopic (exact) mass is 324 g/mol. The minimum Gasteiger partial charge on any atom is -0.488 e. The molecule has 0 aliphatic rings. The highest BCUT2D eigenvalue weighted by atomic mass is 28.3. The second-order valence-corrected chi connectivity index (χ2v) is 9.49. The molecule has 0 bridgehead atoms. The molecule has 3 heteroatoms. The van der Waals surface area contributed by atoms with E-state index in [1.54, 1.807) is 0 Å². The van der Waals surface area contributed by atoms with Gasteiger partial charge in [0.2, 0.25) is 8.96 Å². The average Bonchev–Trinajstić information content (AvgIpc) is 2.48. The predicted molar refractivity (Wildman–Crippen MR) is 102 cm³/mol. The van der Waals surface area contributed by atoms with Crippen LogP contribution in [0.1, 0.15) is 26.3 Å². The quantitative estimate of drug-likeness (QED) is 0.783. The van der Waals surface area contributed by atoms with E-state index in [-0.39, 0.29) is 5.60 Å². The molecule has 0 N–H and O–H groups in total. The highest BCUT2D eigenvalue weighted by Crippen LogP contribution is 2.17. The largest absolute Gasteiger partial charge is 0.488 e. The molecular formula is C20H26NOSi. The Bertz CT molecular complexity index is 656. The SMILES string of the molecule is C=Cc1ccc([Si](c2ccccc2OC(C)(C)C)N(C)C)cc1. The molecule has 0 aromatic heterocycles. The predicted octanol–water partition coefficient (Wildman–Crippen LogP) is 3.17. The third-order valence-corrected chi connectivity index (χ3v) is 6.12. The van der Waals surface area contributed by atoms with Crippen LogP contribution in [0.4, 0.5) is 0 Å². The Morgan fingerprint density at radius 3 is 2.13 bits per heavy atom. The number of rotatable bonds is 5. The van der Waals surface area contributed by atoms with Crippen molar-refractivity contribution in [3.63, 3.8) is 0 Å². The van der Waals surface area contributed by atoms with E-state index in [0.29, 0.717) is 0 Å². The first-order valence-corrected chi connectivity index (χ1v) is 9.32. The van der Waals surface area contributed by atoms with E-state index in [2.05, 4.69) is 88.5 Å². The van der Waals surface area contributed by atoms with Gasteiger partial charge in [-0.2, -0.15) is 0 Å². The topological polar surface area (TPSA) is 12.5 Å². The molecule has 0 saturated carbocycles. The van der Waals surface area contributed by atoms with Gasteiger partial charge >= 0.3 is 0 Å². The van der Waals surface area contributed by atoms with Crippen LogP contribution in [-0.4, -0.2) is 33.2 Å². The molecule has 0 atom stereocenters. The van der Waals surface area contributed by atoms with Gasteiger partial charge in [-0.05, 0) is 51.7 Å². The van der Waals surface area contributed by atoms with Crippen LogP contribution in [0.25, 0.3) is 6.08 Å². The van der Waals surface area contributed by atoms with Gasteiger partial charge in [-0.3, -0.25) is 0 Å². The summed E-state index contributed by atoms with van der Waals surface area (Å²) in [6, 6.07) is 17.1. The summed E-state index contributed by atoms with van der Waals surface area (Å²) in [4.78, 5) is 0. The second kappa shape index (κ2) is 7.15. The molecule has 121 valence electrons. The van der Waals surface area contributed by atoms with Crippen molar-refractivity contribution in [3.05, 3.63) is 60.7 Å². The van der Waals surface area contributed by atoms with Gasteiger partial charge in [0.1, 0.15) is 11.4 Å². The number of para-hydroxylation sites is 1. The van der Waals surface area contributed by atoms with Crippen molar-refractivity contribution in [1.29, 1.82) is 0 Å². The Kier molecular flexibility index (Phi) is 5.45. The fourth-order valence-corrected chi connectivity index (χ4v) is 4.93. The van der Waals surface area contributed by atoms with Gasteiger partial charge in [0, 0.05) is 5.19 Å². The van der Waals surface area contributed by atoms with Crippen LogP contribution in [0.15, 0.2) is 55.1 Å². The van der Waals surface area contributed by atoms with Gasteiger partial charge in [0.15, 0.2) is 0 Å². The first-order chi connectivity index (χ1) is 10.8. The van der Waals surface area contributed by atoms with Crippen LogP contribution >= 0.6 is 0 Å². The summed E-state index contributed by atoms with van der Waals surface area (Å²) >= 11 is 0. The van der Waals surface area contributed by atoms with Crippen LogP contribution in [0.5, 0.6) is 5.75 Å². The van der Waals surface area contributed by atoms with E-state index in [1.807, 2.05) is 12.1 Å². The molecule has 2 rings (SSSR count). The fraction of sp³-hybridized carbons (Fsp3) is 0.300. The molecule has 0 fully saturated rings. The first kappa shape index (κ1) is 17.5. The molecule has 0 aliphatic heterocycles. The molecule has 23 heavy (non-hydrogen) atoms. The summed E-state index contributed by atoms with van der Waals surface area (Å²) in [5, 5.41) is 2.62. The molecule has 1 radical (unpaired) electrons. The molecule has 0 unspecified atom stereocenters. The summed E-state index contributed by atoms with van der Waals surface area (Å²) in [6.45, 7) is 10.1. The Labute approximate surface area is 142 Å². The highest BCUT2D eigenvalue weighted by molar-refractivity contribution is 6.83. The van der Waals surface area contributed by atoms with E-state index in [0.717, 1.165) is 11.3 Å². The summed E-state index contributed by atoms with van der Waals surface area (Å²) < 4.78 is 8.53. The third kappa shape index (κ3) is 4.56. The highest BCUT2D eigenvalue weighted by Gasteiger charge is 2.25. The number of hydrogen-bond donors (Lipinski definition) is 0. The van der Waals surface area contributed by atoms with Crippen molar-refractivity contribution in [2.45, 2.75) is 26.4 Å². The summed E-state index contributed by atoms with van der Waals surface area (Å²) in [7, 11) is 3.22. The molecule has 0 heterocycles. The lowest BCUT2D eigenvalue weighted by atomic mass is 10.2. The maximum absolute atomic E-state index is 6.21. The van der Waals surface area contributed by atoms with Crippen LogP contribution in [0.2, 0.25) is 0 Å². The zero-order valence-electron chi connectivity index (χ0n) is 14.8. The molecule has 2 aromatic rings. The van der Waals surface area contributed by atoms with E-state index < -0.39 is 8.96 Å². The lowest BCUT2D eigenvalue weighted by molar-refractivity contribution is 0.132. The number of hydrogen-bond acceptors (Lipinski definition) is 2. The lowest BCUT2D eigenvalue weighted by Gasteiger charge is -2.28. The molecule has 2 nitrogen and oxygen atoms in total. The van der Waals surface area contributed by atoms with Crippen molar-refractivity contribution in [1.82, 2.24) is 4.57 Å². The van der Waals surface area contributed by atoms with Gasteiger partial charge in [-0.15, -0.1) is 0 Å². The minimum atomic E-state index is -1.07. The van der Waals surface area contributed by atoms with Crippen molar-refractivity contribution >= 4 is 25.4 Å². The molecule has 0 amide bonds. The van der Waals surface area contributed by atoms with Crippen LogP contribution in [0.3, 0.4) is 0 Å². The Morgan fingerprint density at radius 1 is 1.00 bits per heavy atom. The summed E-state index contributed by atoms with van der Waals surface area (Å²) in [5.74, 6) is 0.982. The van der Waals surface area contributed by atoms with Gasteiger partial charge in [0.25, 0.3) is 0 Å². The van der Waals surface area contributed by atoms with Crippen LogP contribution < -0.4 is 15.1 Å². The van der Waals surface area contributed by atoms with Gasteiger partial charge in [-0.25, -0.2) is 0 Å². The Morgan fingerprint density at radius 2 is 1.61 bits per heavy atom. The normalized spacial score (nSPS) is 11.8. The number of nitrogens with zero attached hydrogens (tertiary/aromatic N) is 1. The smallest absolute Gasteiger partial charge is 0.212 e. The molecule has 0 aliphatic carbocycles. The Hall–Kier alpha value is -1.84.